The quantitative estimate of drug-likeness (QED) is 0.853. The lowest BCUT2D eigenvalue weighted by Gasteiger charge is -2.23. The lowest BCUT2D eigenvalue weighted by Crippen LogP contribution is -2.46. The Bertz CT molecular complexity index is 599. The van der Waals surface area contributed by atoms with E-state index in [4.69, 9.17) is 23.2 Å². The number of carbonyl (C=O) groups excluding carboxylic acids is 2. The molecule has 2 amide bonds. The fraction of sp³-hybridized carbons (Fsp3) is 0.500. The van der Waals surface area contributed by atoms with Crippen molar-refractivity contribution in [2.24, 2.45) is 0 Å². The van der Waals surface area contributed by atoms with Crippen molar-refractivity contribution in [3.8, 4) is 0 Å². The molecule has 1 aromatic rings. The van der Waals surface area contributed by atoms with Gasteiger partial charge < -0.3 is 10.6 Å². The van der Waals surface area contributed by atoms with E-state index < -0.39 is 0 Å². The van der Waals surface area contributed by atoms with E-state index in [9.17, 15) is 9.59 Å². The zero-order chi connectivity index (χ0) is 16.4. The van der Waals surface area contributed by atoms with Crippen LogP contribution in [0, 0.1) is 0 Å². The average molecular weight is 356 g/mol. The minimum absolute atomic E-state index is 0.0357. The lowest BCUT2D eigenvalue weighted by atomic mass is 10.2. The number of para-hydroxylation sites is 1. The van der Waals surface area contributed by atoms with E-state index in [1.807, 2.05) is 4.90 Å². The van der Waals surface area contributed by atoms with E-state index in [-0.39, 0.29) is 24.4 Å². The Kier molecular flexibility index (Phi) is 5.09. The molecule has 0 aromatic heterocycles. The summed E-state index contributed by atoms with van der Waals surface area (Å²) in [4.78, 5) is 26.4. The smallest absolute Gasteiger partial charge is 0.238 e. The van der Waals surface area contributed by atoms with E-state index in [2.05, 4.69) is 10.6 Å². The van der Waals surface area contributed by atoms with Crippen molar-refractivity contribution in [2.75, 3.05) is 18.4 Å². The molecular weight excluding hydrogens is 337 g/mol. The second-order valence-corrected chi connectivity index (χ2v) is 6.87. The summed E-state index contributed by atoms with van der Waals surface area (Å²) in [5.41, 5.74) is 0.416. The summed E-state index contributed by atoms with van der Waals surface area (Å²) in [6.07, 6.45) is 3.83. The molecule has 1 aromatic carbocycles. The van der Waals surface area contributed by atoms with Crippen LogP contribution in [0.5, 0.6) is 0 Å². The van der Waals surface area contributed by atoms with Crippen molar-refractivity contribution in [3.05, 3.63) is 28.2 Å². The van der Waals surface area contributed by atoms with Crippen molar-refractivity contribution in [3.63, 3.8) is 0 Å². The summed E-state index contributed by atoms with van der Waals surface area (Å²) in [6.45, 7) is 0.900. The Hall–Kier alpha value is -1.30. The van der Waals surface area contributed by atoms with Crippen LogP contribution in [-0.4, -0.2) is 41.9 Å². The number of carbonyl (C=O) groups is 2. The van der Waals surface area contributed by atoms with E-state index >= 15 is 0 Å². The van der Waals surface area contributed by atoms with Gasteiger partial charge >= 0.3 is 0 Å². The summed E-state index contributed by atoms with van der Waals surface area (Å²) >= 11 is 12.1. The van der Waals surface area contributed by atoms with Crippen LogP contribution in [-0.2, 0) is 9.59 Å². The van der Waals surface area contributed by atoms with Gasteiger partial charge in [0, 0.05) is 6.04 Å². The third-order valence-electron chi connectivity index (χ3n) is 4.16. The number of halogens is 2. The Labute approximate surface area is 145 Å². The molecule has 1 aliphatic heterocycles. The molecule has 7 heteroatoms. The highest BCUT2D eigenvalue weighted by Crippen LogP contribution is 2.30. The molecule has 1 saturated heterocycles. The maximum Gasteiger partial charge on any atom is 0.238 e. The van der Waals surface area contributed by atoms with Gasteiger partial charge in [0.15, 0.2) is 0 Å². The number of hydrogen-bond donors (Lipinski definition) is 2. The highest BCUT2D eigenvalue weighted by Gasteiger charge is 2.34. The maximum atomic E-state index is 12.3. The van der Waals surface area contributed by atoms with Crippen LogP contribution in [0.1, 0.15) is 25.7 Å². The number of nitrogens with one attached hydrogen (secondary N) is 2. The average Bonchev–Trinajstić information content (AvgIpc) is 3.19. The van der Waals surface area contributed by atoms with Gasteiger partial charge in [0.2, 0.25) is 11.8 Å². The molecule has 3 rings (SSSR count). The zero-order valence-electron chi connectivity index (χ0n) is 12.6. The van der Waals surface area contributed by atoms with Crippen molar-refractivity contribution in [1.29, 1.82) is 0 Å². The van der Waals surface area contributed by atoms with Gasteiger partial charge in [-0.1, -0.05) is 29.3 Å². The van der Waals surface area contributed by atoms with Crippen molar-refractivity contribution in [1.82, 2.24) is 10.2 Å². The van der Waals surface area contributed by atoms with E-state index in [0.717, 1.165) is 32.2 Å². The predicted octanol–water partition coefficient (Wildman–Crippen LogP) is 2.67. The molecule has 2 N–H and O–H groups in total. The van der Waals surface area contributed by atoms with Gasteiger partial charge in [-0.25, -0.2) is 0 Å². The van der Waals surface area contributed by atoms with Crippen LogP contribution in [0.3, 0.4) is 0 Å². The predicted molar refractivity (Wildman–Crippen MR) is 90.9 cm³/mol. The van der Waals surface area contributed by atoms with Gasteiger partial charge in [-0.05, 0) is 44.4 Å². The van der Waals surface area contributed by atoms with Gasteiger partial charge in [-0.3, -0.25) is 14.5 Å². The molecule has 1 unspecified atom stereocenters. The molecule has 1 saturated carbocycles. The molecule has 0 bridgehead atoms. The number of rotatable bonds is 5. The van der Waals surface area contributed by atoms with E-state index in [0.29, 0.717) is 21.8 Å². The summed E-state index contributed by atoms with van der Waals surface area (Å²) in [5.74, 6) is -0.181. The molecule has 0 spiro atoms. The molecule has 2 fully saturated rings. The third kappa shape index (κ3) is 4.16. The van der Waals surface area contributed by atoms with Crippen LogP contribution < -0.4 is 10.6 Å². The van der Waals surface area contributed by atoms with Gasteiger partial charge in [-0.2, -0.15) is 0 Å². The molecule has 23 heavy (non-hydrogen) atoms. The molecule has 1 heterocycles. The fourth-order valence-corrected chi connectivity index (χ4v) is 3.31. The second kappa shape index (κ2) is 7.07. The number of amides is 2. The summed E-state index contributed by atoms with van der Waals surface area (Å²) in [6, 6.07) is 5.18. The Morgan fingerprint density at radius 3 is 2.52 bits per heavy atom. The fourth-order valence-electron chi connectivity index (χ4n) is 2.82. The largest absolute Gasteiger partial charge is 0.352 e. The standard InChI is InChI=1S/C16H19Cl2N3O2/c17-11-3-1-4-12(18)15(11)20-14(22)9-21-8-2-5-13(21)16(23)19-10-6-7-10/h1,3-4,10,13H,2,5-9H2,(H,19,23)(H,20,22). The Balaban J connectivity index is 1.59. The lowest BCUT2D eigenvalue weighted by molar-refractivity contribution is -0.126. The molecule has 5 nitrogen and oxygen atoms in total. The maximum absolute atomic E-state index is 12.3. The molecular formula is C16H19Cl2N3O2. The number of hydrogen-bond acceptors (Lipinski definition) is 3. The van der Waals surface area contributed by atoms with E-state index in [1.165, 1.54) is 0 Å². The van der Waals surface area contributed by atoms with Crippen LogP contribution in [0.4, 0.5) is 5.69 Å². The van der Waals surface area contributed by atoms with E-state index in [1.54, 1.807) is 18.2 Å². The van der Waals surface area contributed by atoms with Crippen LogP contribution in [0.25, 0.3) is 0 Å². The highest BCUT2D eigenvalue weighted by molar-refractivity contribution is 6.39. The first-order chi connectivity index (χ1) is 11.0. The second-order valence-electron chi connectivity index (χ2n) is 6.06. The summed E-state index contributed by atoms with van der Waals surface area (Å²) in [5, 5.41) is 6.55. The highest BCUT2D eigenvalue weighted by atomic mass is 35.5. The van der Waals surface area contributed by atoms with Crippen LogP contribution in [0.15, 0.2) is 18.2 Å². The SMILES string of the molecule is O=C(CN1CCCC1C(=O)NC1CC1)Nc1c(Cl)cccc1Cl. The minimum Gasteiger partial charge on any atom is -0.352 e. The van der Waals surface area contributed by atoms with Crippen LogP contribution >= 0.6 is 23.2 Å². The van der Waals surface area contributed by atoms with Crippen LogP contribution in [0.2, 0.25) is 10.0 Å². The molecule has 0 radical (unpaired) electrons. The van der Waals surface area contributed by atoms with Crippen molar-refractivity contribution in [2.45, 2.75) is 37.8 Å². The third-order valence-corrected chi connectivity index (χ3v) is 4.79. The Morgan fingerprint density at radius 2 is 1.87 bits per heavy atom. The van der Waals surface area contributed by atoms with Gasteiger partial charge in [-0.15, -0.1) is 0 Å². The summed E-state index contributed by atoms with van der Waals surface area (Å²) < 4.78 is 0. The number of benzene rings is 1. The molecule has 1 atom stereocenters. The first-order valence-corrected chi connectivity index (χ1v) is 8.58. The first-order valence-electron chi connectivity index (χ1n) is 7.83. The Morgan fingerprint density at radius 1 is 1.17 bits per heavy atom. The monoisotopic (exact) mass is 355 g/mol. The van der Waals surface area contributed by atoms with Crippen molar-refractivity contribution >= 4 is 40.7 Å². The molecule has 1 aliphatic carbocycles. The van der Waals surface area contributed by atoms with Crippen molar-refractivity contribution < 1.29 is 9.59 Å². The topological polar surface area (TPSA) is 61.4 Å². The van der Waals surface area contributed by atoms with Gasteiger partial charge in [0.1, 0.15) is 0 Å². The first kappa shape index (κ1) is 16.6. The zero-order valence-corrected chi connectivity index (χ0v) is 14.2. The molecule has 124 valence electrons. The summed E-state index contributed by atoms with van der Waals surface area (Å²) in [7, 11) is 0. The minimum atomic E-state index is -0.219. The molecule has 2 aliphatic rings. The number of nitrogens with zero attached hydrogens (tertiary/aromatic N) is 1. The van der Waals surface area contributed by atoms with Gasteiger partial charge in [0.05, 0.1) is 28.3 Å². The normalized spacial score (nSPS) is 21.2. The number of anilines is 1. The number of likely N-dealkylation sites (tertiary alicyclic amines) is 1. The van der Waals surface area contributed by atoms with Gasteiger partial charge in [0.25, 0.3) is 0 Å².